The van der Waals surface area contributed by atoms with Gasteiger partial charge in [-0.3, -0.25) is 4.79 Å². The molecule has 2 atom stereocenters. The van der Waals surface area contributed by atoms with Crippen LogP contribution in [0.1, 0.15) is 13.3 Å². The Morgan fingerprint density at radius 3 is 3.00 bits per heavy atom. The van der Waals surface area contributed by atoms with Gasteiger partial charge < -0.3 is 10.6 Å². The lowest BCUT2D eigenvalue weighted by Crippen LogP contribution is -2.31. The third kappa shape index (κ3) is 2.71. The van der Waals surface area contributed by atoms with E-state index in [-0.39, 0.29) is 5.91 Å². The molecule has 0 aliphatic carbocycles. The minimum Gasteiger partial charge on any atom is -0.359 e. The lowest BCUT2D eigenvalue weighted by atomic mass is 10.3. The highest BCUT2D eigenvalue weighted by Crippen LogP contribution is 2.20. The first kappa shape index (κ1) is 8.87. The molecule has 1 amide bonds. The molecule has 2 N–H and O–H groups in total. The number of rotatable bonds is 2. The van der Waals surface area contributed by atoms with E-state index in [0.717, 1.165) is 5.75 Å². The summed E-state index contributed by atoms with van der Waals surface area (Å²) in [6.07, 6.45) is 0.589. The van der Waals surface area contributed by atoms with E-state index >= 15 is 0 Å². The largest absolute Gasteiger partial charge is 0.359 e. The maximum atomic E-state index is 10.9. The summed E-state index contributed by atoms with van der Waals surface area (Å²) in [5, 5.41) is 6.26. The number of hydrogen-bond acceptors (Lipinski definition) is 3. The van der Waals surface area contributed by atoms with E-state index in [4.69, 9.17) is 0 Å². The van der Waals surface area contributed by atoms with Crippen molar-refractivity contribution >= 4 is 17.7 Å². The van der Waals surface area contributed by atoms with Crippen LogP contribution in [0, 0.1) is 0 Å². The lowest BCUT2D eigenvalue weighted by Gasteiger charge is -2.08. The molecule has 0 aromatic heterocycles. The standard InChI is InChI=1S/C7H14N2OS/c1-5-4-11-7(9-5)3-6(10)8-2/h5,7,9H,3-4H2,1-2H3,(H,8,10). The molecule has 0 bridgehead atoms. The Labute approximate surface area is 71.3 Å². The fourth-order valence-electron chi connectivity index (χ4n) is 1.06. The minimum absolute atomic E-state index is 0.115. The first-order chi connectivity index (χ1) is 5.22. The predicted molar refractivity (Wildman–Crippen MR) is 47.5 cm³/mol. The van der Waals surface area contributed by atoms with Gasteiger partial charge in [0.2, 0.25) is 5.91 Å². The van der Waals surface area contributed by atoms with Gasteiger partial charge in [0.05, 0.1) is 11.8 Å². The molecule has 0 aromatic rings. The van der Waals surface area contributed by atoms with Gasteiger partial charge in [-0.2, -0.15) is 0 Å². The van der Waals surface area contributed by atoms with Crippen LogP contribution in [0.3, 0.4) is 0 Å². The summed E-state index contributed by atoms with van der Waals surface area (Å²) in [5.41, 5.74) is 0. The summed E-state index contributed by atoms with van der Waals surface area (Å²) in [6, 6.07) is 0.551. The van der Waals surface area contributed by atoms with E-state index in [9.17, 15) is 4.79 Å². The number of thioether (sulfide) groups is 1. The van der Waals surface area contributed by atoms with Crippen molar-refractivity contribution in [2.24, 2.45) is 0 Å². The predicted octanol–water partition coefficient (Wildman–Crippen LogP) is 0.173. The zero-order valence-corrected chi connectivity index (χ0v) is 7.70. The molecule has 1 fully saturated rings. The monoisotopic (exact) mass is 174 g/mol. The SMILES string of the molecule is CNC(=O)CC1NC(C)CS1. The van der Waals surface area contributed by atoms with Crippen molar-refractivity contribution in [3.8, 4) is 0 Å². The van der Waals surface area contributed by atoms with Crippen LogP contribution in [0.4, 0.5) is 0 Å². The highest BCUT2D eigenvalue weighted by molar-refractivity contribution is 8.00. The summed E-state index contributed by atoms with van der Waals surface area (Å²) < 4.78 is 0. The lowest BCUT2D eigenvalue weighted by molar-refractivity contribution is -0.120. The number of carbonyl (C=O) groups excluding carboxylic acids is 1. The molecule has 1 aliphatic heterocycles. The van der Waals surface area contributed by atoms with Crippen LogP contribution < -0.4 is 10.6 Å². The molecule has 2 unspecified atom stereocenters. The van der Waals surface area contributed by atoms with Crippen molar-refractivity contribution in [3.05, 3.63) is 0 Å². The Hall–Kier alpha value is -0.220. The van der Waals surface area contributed by atoms with Gasteiger partial charge in [-0.25, -0.2) is 0 Å². The molecular formula is C7H14N2OS. The van der Waals surface area contributed by atoms with Crippen LogP contribution in [0.5, 0.6) is 0 Å². The maximum Gasteiger partial charge on any atom is 0.222 e. The average Bonchev–Trinajstić information content (AvgIpc) is 2.35. The molecule has 0 radical (unpaired) electrons. The zero-order chi connectivity index (χ0) is 8.27. The van der Waals surface area contributed by atoms with E-state index in [0.29, 0.717) is 17.8 Å². The summed E-state index contributed by atoms with van der Waals surface area (Å²) in [5.74, 6) is 1.23. The van der Waals surface area contributed by atoms with Gasteiger partial charge in [0, 0.05) is 18.8 Å². The van der Waals surface area contributed by atoms with Crippen molar-refractivity contribution in [2.45, 2.75) is 24.8 Å². The van der Waals surface area contributed by atoms with Crippen LogP contribution in [0.15, 0.2) is 0 Å². The maximum absolute atomic E-state index is 10.9. The van der Waals surface area contributed by atoms with E-state index in [1.165, 1.54) is 0 Å². The third-order valence-electron chi connectivity index (χ3n) is 1.67. The first-order valence-electron chi connectivity index (χ1n) is 3.80. The normalized spacial score (nSPS) is 30.4. The smallest absolute Gasteiger partial charge is 0.222 e. The third-order valence-corrected chi connectivity index (χ3v) is 3.07. The molecule has 11 heavy (non-hydrogen) atoms. The Balaban J connectivity index is 2.23. The molecule has 64 valence electrons. The van der Waals surface area contributed by atoms with Gasteiger partial charge >= 0.3 is 0 Å². The summed E-state index contributed by atoms with van der Waals surface area (Å²) in [6.45, 7) is 2.14. The van der Waals surface area contributed by atoms with E-state index in [1.807, 2.05) is 11.8 Å². The van der Waals surface area contributed by atoms with Gasteiger partial charge in [0.1, 0.15) is 0 Å². The number of carbonyl (C=O) groups is 1. The van der Waals surface area contributed by atoms with Crippen molar-refractivity contribution in [1.82, 2.24) is 10.6 Å². The van der Waals surface area contributed by atoms with E-state index in [1.54, 1.807) is 7.05 Å². The Morgan fingerprint density at radius 1 is 1.82 bits per heavy atom. The first-order valence-corrected chi connectivity index (χ1v) is 4.85. The van der Waals surface area contributed by atoms with Crippen LogP contribution in [0.25, 0.3) is 0 Å². The highest BCUT2D eigenvalue weighted by Gasteiger charge is 2.22. The van der Waals surface area contributed by atoms with Gasteiger partial charge in [-0.15, -0.1) is 11.8 Å². The topological polar surface area (TPSA) is 41.1 Å². The van der Waals surface area contributed by atoms with Gasteiger partial charge in [-0.05, 0) is 6.92 Å². The molecular weight excluding hydrogens is 160 g/mol. The van der Waals surface area contributed by atoms with Crippen molar-refractivity contribution in [1.29, 1.82) is 0 Å². The van der Waals surface area contributed by atoms with Crippen molar-refractivity contribution in [3.63, 3.8) is 0 Å². The molecule has 1 saturated heterocycles. The van der Waals surface area contributed by atoms with Crippen LogP contribution in [-0.2, 0) is 4.79 Å². The second kappa shape index (κ2) is 3.97. The second-order valence-corrected chi connectivity index (χ2v) is 4.00. The Kier molecular flexibility index (Phi) is 3.20. The quantitative estimate of drug-likeness (QED) is 0.627. The number of hydrogen-bond donors (Lipinski definition) is 2. The Morgan fingerprint density at radius 2 is 2.55 bits per heavy atom. The highest BCUT2D eigenvalue weighted by atomic mass is 32.2. The molecule has 0 saturated carbocycles. The number of nitrogens with one attached hydrogen (secondary N) is 2. The molecule has 4 heteroatoms. The zero-order valence-electron chi connectivity index (χ0n) is 6.89. The molecule has 0 aromatic carbocycles. The Bertz CT molecular complexity index is 151. The van der Waals surface area contributed by atoms with E-state index < -0.39 is 0 Å². The molecule has 1 rings (SSSR count). The number of amides is 1. The van der Waals surface area contributed by atoms with Crippen LogP contribution in [0.2, 0.25) is 0 Å². The van der Waals surface area contributed by atoms with Crippen molar-refractivity contribution in [2.75, 3.05) is 12.8 Å². The summed E-state index contributed by atoms with van der Waals surface area (Å²) in [7, 11) is 1.67. The van der Waals surface area contributed by atoms with E-state index in [2.05, 4.69) is 17.6 Å². The molecule has 1 heterocycles. The van der Waals surface area contributed by atoms with Crippen molar-refractivity contribution < 1.29 is 4.79 Å². The second-order valence-electron chi connectivity index (χ2n) is 2.77. The van der Waals surface area contributed by atoms with Gasteiger partial charge in [0.15, 0.2) is 0 Å². The van der Waals surface area contributed by atoms with Gasteiger partial charge in [0.25, 0.3) is 0 Å². The molecule has 0 spiro atoms. The average molecular weight is 174 g/mol. The van der Waals surface area contributed by atoms with Gasteiger partial charge in [-0.1, -0.05) is 0 Å². The summed E-state index contributed by atoms with van der Waals surface area (Å²) in [4.78, 5) is 10.9. The summed E-state index contributed by atoms with van der Waals surface area (Å²) >= 11 is 1.82. The fourth-order valence-corrected chi connectivity index (χ4v) is 2.28. The van der Waals surface area contributed by atoms with Crippen LogP contribution in [-0.4, -0.2) is 30.1 Å². The fraction of sp³-hybridized carbons (Fsp3) is 0.857. The minimum atomic E-state index is 0.115. The van der Waals surface area contributed by atoms with Crippen LogP contribution >= 0.6 is 11.8 Å². The molecule has 3 nitrogen and oxygen atoms in total. The molecule has 1 aliphatic rings.